The van der Waals surface area contributed by atoms with Gasteiger partial charge in [-0.25, -0.2) is 4.39 Å². The van der Waals surface area contributed by atoms with E-state index in [2.05, 4.69) is 12.0 Å². The van der Waals surface area contributed by atoms with Crippen LogP contribution in [0.5, 0.6) is 0 Å². The van der Waals surface area contributed by atoms with Gasteiger partial charge in [0.1, 0.15) is 5.82 Å². The van der Waals surface area contributed by atoms with Gasteiger partial charge in [0.05, 0.1) is 0 Å². The molecule has 0 aliphatic heterocycles. The molecule has 1 atom stereocenters. The van der Waals surface area contributed by atoms with Crippen LogP contribution in [-0.4, -0.2) is 6.04 Å². The molecule has 3 heteroatoms. The molecule has 0 saturated heterocycles. The highest BCUT2D eigenvalue weighted by Gasteiger charge is 2.07. The summed E-state index contributed by atoms with van der Waals surface area (Å²) in [6, 6.07) is 6.93. The van der Waals surface area contributed by atoms with Crippen LogP contribution in [0.25, 0.3) is 0 Å². The molecule has 0 aromatic heterocycles. The van der Waals surface area contributed by atoms with E-state index in [0.717, 1.165) is 31.2 Å². The number of hydrogen-bond acceptors (Lipinski definition) is 2. The van der Waals surface area contributed by atoms with Gasteiger partial charge in [0.15, 0.2) is 0 Å². The van der Waals surface area contributed by atoms with Crippen molar-refractivity contribution in [2.75, 3.05) is 0 Å². The normalized spacial score (nSPS) is 12.3. The number of unbranched alkanes of at least 4 members (excludes halogenated alkanes) is 3. The molecule has 18 heavy (non-hydrogen) atoms. The van der Waals surface area contributed by atoms with Crippen LogP contribution >= 0.6 is 0 Å². The molecule has 1 rings (SSSR count). The average Bonchev–Trinajstić information content (AvgIpc) is 2.37. The van der Waals surface area contributed by atoms with E-state index in [0.29, 0.717) is 0 Å². The Labute approximate surface area is 109 Å². The molecule has 0 aliphatic rings. The van der Waals surface area contributed by atoms with Crippen LogP contribution in [0.15, 0.2) is 36.9 Å². The largest absolute Gasteiger partial charge is 0.271 e. The van der Waals surface area contributed by atoms with Crippen LogP contribution in [0.4, 0.5) is 4.39 Å². The minimum Gasteiger partial charge on any atom is -0.271 e. The SMILES string of the molecule is C=CCCCCCC(Cc1cccc(F)c1)NN. The quantitative estimate of drug-likeness (QED) is 0.305. The zero-order valence-electron chi connectivity index (χ0n) is 10.9. The number of nitrogens with one attached hydrogen (secondary N) is 1. The molecule has 0 spiro atoms. The molecule has 0 radical (unpaired) electrons. The van der Waals surface area contributed by atoms with Crippen LogP contribution in [0.1, 0.15) is 37.7 Å². The number of allylic oxidation sites excluding steroid dienone is 1. The van der Waals surface area contributed by atoms with Gasteiger partial charge in [-0.05, 0) is 43.4 Å². The average molecular weight is 250 g/mol. The molecular formula is C15H23FN2. The maximum atomic E-state index is 13.1. The van der Waals surface area contributed by atoms with Crippen LogP contribution in [0.2, 0.25) is 0 Å². The van der Waals surface area contributed by atoms with Crippen molar-refractivity contribution in [3.8, 4) is 0 Å². The van der Waals surface area contributed by atoms with E-state index >= 15 is 0 Å². The van der Waals surface area contributed by atoms with Gasteiger partial charge in [0.2, 0.25) is 0 Å². The Morgan fingerprint density at radius 1 is 1.33 bits per heavy atom. The predicted molar refractivity (Wildman–Crippen MR) is 74.5 cm³/mol. The van der Waals surface area contributed by atoms with E-state index in [1.807, 2.05) is 12.1 Å². The minimum atomic E-state index is -0.186. The first-order valence-corrected chi connectivity index (χ1v) is 6.57. The molecule has 1 unspecified atom stereocenters. The molecule has 0 bridgehead atoms. The van der Waals surface area contributed by atoms with Crippen LogP contribution in [-0.2, 0) is 6.42 Å². The van der Waals surface area contributed by atoms with Crippen molar-refractivity contribution in [1.29, 1.82) is 0 Å². The minimum absolute atomic E-state index is 0.186. The van der Waals surface area contributed by atoms with Gasteiger partial charge in [0, 0.05) is 6.04 Å². The Kier molecular flexibility index (Phi) is 7.30. The zero-order valence-corrected chi connectivity index (χ0v) is 10.9. The maximum absolute atomic E-state index is 13.1. The summed E-state index contributed by atoms with van der Waals surface area (Å²) in [5.74, 6) is 5.35. The lowest BCUT2D eigenvalue weighted by atomic mass is 10.0. The van der Waals surface area contributed by atoms with Gasteiger partial charge in [-0.15, -0.1) is 6.58 Å². The highest BCUT2D eigenvalue weighted by Crippen LogP contribution is 2.11. The first-order chi connectivity index (χ1) is 8.76. The second-order valence-electron chi connectivity index (χ2n) is 4.62. The van der Waals surface area contributed by atoms with Crippen LogP contribution in [0, 0.1) is 5.82 Å². The van der Waals surface area contributed by atoms with E-state index in [1.54, 1.807) is 12.1 Å². The van der Waals surface area contributed by atoms with E-state index < -0.39 is 0 Å². The topological polar surface area (TPSA) is 38.0 Å². The van der Waals surface area contributed by atoms with Crippen molar-refractivity contribution >= 4 is 0 Å². The van der Waals surface area contributed by atoms with Crippen molar-refractivity contribution in [3.05, 3.63) is 48.3 Å². The summed E-state index contributed by atoms with van der Waals surface area (Å²) < 4.78 is 13.1. The summed E-state index contributed by atoms with van der Waals surface area (Å²) in [5, 5.41) is 0. The van der Waals surface area contributed by atoms with E-state index in [1.165, 1.54) is 18.9 Å². The molecule has 3 N–H and O–H groups in total. The van der Waals surface area contributed by atoms with Gasteiger partial charge in [-0.3, -0.25) is 11.3 Å². The lowest BCUT2D eigenvalue weighted by molar-refractivity contribution is 0.463. The molecule has 2 nitrogen and oxygen atoms in total. The molecule has 1 aromatic rings. The van der Waals surface area contributed by atoms with Crippen molar-refractivity contribution in [2.45, 2.75) is 44.6 Å². The smallest absolute Gasteiger partial charge is 0.123 e. The summed E-state index contributed by atoms with van der Waals surface area (Å²) in [6.07, 6.45) is 8.32. The Morgan fingerprint density at radius 3 is 2.83 bits per heavy atom. The van der Waals surface area contributed by atoms with E-state index in [9.17, 15) is 4.39 Å². The molecule has 1 aromatic carbocycles. The fourth-order valence-electron chi connectivity index (χ4n) is 2.05. The van der Waals surface area contributed by atoms with Crippen molar-refractivity contribution in [3.63, 3.8) is 0 Å². The highest BCUT2D eigenvalue weighted by atomic mass is 19.1. The van der Waals surface area contributed by atoms with E-state index in [-0.39, 0.29) is 11.9 Å². The number of nitrogens with two attached hydrogens (primary N) is 1. The molecular weight excluding hydrogens is 227 g/mol. The third kappa shape index (κ3) is 5.94. The summed E-state index contributed by atoms with van der Waals surface area (Å²) >= 11 is 0. The predicted octanol–water partition coefficient (Wildman–Crippen LogP) is 3.34. The summed E-state index contributed by atoms with van der Waals surface area (Å²) in [6.45, 7) is 3.71. The van der Waals surface area contributed by atoms with Crippen molar-refractivity contribution < 1.29 is 4.39 Å². The molecule has 0 fully saturated rings. The Morgan fingerprint density at radius 2 is 2.17 bits per heavy atom. The Hall–Kier alpha value is -1.19. The van der Waals surface area contributed by atoms with Gasteiger partial charge < -0.3 is 0 Å². The fourth-order valence-corrected chi connectivity index (χ4v) is 2.05. The van der Waals surface area contributed by atoms with Crippen LogP contribution in [0.3, 0.4) is 0 Å². The first kappa shape index (κ1) is 14.9. The number of halogens is 1. The third-order valence-electron chi connectivity index (χ3n) is 3.07. The van der Waals surface area contributed by atoms with Gasteiger partial charge in [0.25, 0.3) is 0 Å². The molecule has 0 saturated carbocycles. The number of rotatable bonds is 9. The van der Waals surface area contributed by atoms with Gasteiger partial charge in [-0.2, -0.15) is 0 Å². The van der Waals surface area contributed by atoms with Gasteiger partial charge >= 0.3 is 0 Å². The summed E-state index contributed by atoms with van der Waals surface area (Å²) in [7, 11) is 0. The highest BCUT2D eigenvalue weighted by molar-refractivity contribution is 5.17. The first-order valence-electron chi connectivity index (χ1n) is 6.57. The maximum Gasteiger partial charge on any atom is 0.123 e. The molecule has 0 amide bonds. The molecule has 100 valence electrons. The lowest BCUT2D eigenvalue weighted by Crippen LogP contribution is -2.36. The Balaban J connectivity index is 2.30. The monoisotopic (exact) mass is 250 g/mol. The van der Waals surface area contributed by atoms with Crippen molar-refractivity contribution in [2.24, 2.45) is 5.84 Å². The number of benzene rings is 1. The second-order valence-corrected chi connectivity index (χ2v) is 4.62. The summed E-state index contributed by atoms with van der Waals surface area (Å²) in [4.78, 5) is 0. The fraction of sp³-hybridized carbons (Fsp3) is 0.467. The summed E-state index contributed by atoms with van der Waals surface area (Å²) in [5.41, 5.74) is 3.81. The second kappa shape index (κ2) is 8.84. The van der Waals surface area contributed by atoms with Crippen LogP contribution < -0.4 is 11.3 Å². The number of hydrazine groups is 1. The van der Waals surface area contributed by atoms with Crippen molar-refractivity contribution in [1.82, 2.24) is 5.43 Å². The lowest BCUT2D eigenvalue weighted by Gasteiger charge is -2.15. The Bertz CT molecular complexity index is 352. The molecule has 0 aliphatic carbocycles. The standard InChI is InChI=1S/C15H23FN2/c1-2-3-4-5-6-10-15(18-17)12-13-8-7-9-14(16)11-13/h2,7-9,11,15,18H,1,3-6,10,12,17H2. The molecule has 0 heterocycles. The zero-order chi connectivity index (χ0) is 13.2. The van der Waals surface area contributed by atoms with Gasteiger partial charge in [-0.1, -0.05) is 31.1 Å². The third-order valence-corrected chi connectivity index (χ3v) is 3.07. The number of hydrogen-bond donors (Lipinski definition) is 2. The van der Waals surface area contributed by atoms with E-state index in [4.69, 9.17) is 5.84 Å².